The van der Waals surface area contributed by atoms with E-state index in [-0.39, 0.29) is 0 Å². The predicted octanol–water partition coefficient (Wildman–Crippen LogP) is 4.24. The van der Waals surface area contributed by atoms with Gasteiger partial charge >= 0.3 is 15.1 Å². The van der Waals surface area contributed by atoms with E-state index in [0.29, 0.717) is 29.8 Å². The van der Waals surface area contributed by atoms with Crippen LogP contribution in [-0.4, -0.2) is 36.7 Å². The molecular formula is C13H31AlO3Si. The summed E-state index contributed by atoms with van der Waals surface area (Å²) in [6, 6.07) is 0. The maximum atomic E-state index is 6.54. The maximum Gasteiger partial charge on any atom is 0.894 e. The average Bonchev–Trinajstić information content (AvgIpc) is 2.24. The summed E-state index contributed by atoms with van der Waals surface area (Å²) >= 11 is -1.97. The fraction of sp³-hybridized carbons (Fsp3) is 1.00. The molecule has 0 radical (unpaired) electrons. The number of hydrogen-bond donors (Lipinski definition) is 0. The van der Waals surface area contributed by atoms with Crippen molar-refractivity contribution in [2.24, 2.45) is 0 Å². The van der Waals surface area contributed by atoms with Gasteiger partial charge in [0.25, 0.3) is 0 Å². The molecule has 5 heteroatoms. The first-order valence-corrected chi connectivity index (χ1v) is 10.8. The highest BCUT2D eigenvalue weighted by Crippen LogP contribution is 2.42. The van der Waals surface area contributed by atoms with Crippen molar-refractivity contribution < 1.29 is 11.1 Å². The first-order chi connectivity index (χ1) is 8.32. The lowest BCUT2D eigenvalue weighted by atomic mass is 10.5. The van der Waals surface area contributed by atoms with Crippen LogP contribution in [0.15, 0.2) is 0 Å². The minimum atomic E-state index is -1.97. The SMILES string of the molecule is CC[O][Al]([O]CC)[O][Si](C(C)C)(C(C)C)C(C)C. The summed E-state index contributed by atoms with van der Waals surface area (Å²) in [6.07, 6.45) is 0. The van der Waals surface area contributed by atoms with E-state index in [0.717, 1.165) is 0 Å². The van der Waals surface area contributed by atoms with Crippen molar-refractivity contribution in [3.8, 4) is 0 Å². The Balaban J connectivity index is 5.06. The van der Waals surface area contributed by atoms with Crippen LogP contribution in [0, 0.1) is 0 Å². The van der Waals surface area contributed by atoms with Gasteiger partial charge in [-0.15, -0.1) is 0 Å². The zero-order chi connectivity index (χ0) is 14.3. The molecule has 0 spiro atoms. The van der Waals surface area contributed by atoms with Crippen LogP contribution in [0.5, 0.6) is 0 Å². The second kappa shape index (κ2) is 8.73. The quantitative estimate of drug-likeness (QED) is 0.595. The van der Waals surface area contributed by atoms with Crippen molar-refractivity contribution in [2.75, 3.05) is 13.2 Å². The molecule has 0 heterocycles. The van der Waals surface area contributed by atoms with Gasteiger partial charge in [0.05, 0.1) is 0 Å². The van der Waals surface area contributed by atoms with E-state index in [2.05, 4.69) is 41.5 Å². The standard InChI is InChI=1S/C9H21OSi.2C2H5O.Al/c1-7(2)11(10,8(3)4)9(5)6;2*1-2-3;/h7-9H,1-6H3;2*2H2,1H3;/q3*-1;+3. The monoisotopic (exact) mass is 290 g/mol. The fourth-order valence-electron chi connectivity index (χ4n) is 2.96. The van der Waals surface area contributed by atoms with Crippen molar-refractivity contribution in [3.63, 3.8) is 0 Å². The van der Waals surface area contributed by atoms with Crippen LogP contribution in [0.3, 0.4) is 0 Å². The van der Waals surface area contributed by atoms with Gasteiger partial charge in [-0.3, -0.25) is 0 Å². The molecule has 0 saturated carbocycles. The van der Waals surface area contributed by atoms with Gasteiger partial charge in [0.2, 0.25) is 0 Å². The van der Waals surface area contributed by atoms with Crippen LogP contribution in [-0.2, 0) is 11.1 Å². The van der Waals surface area contributed by atoms with Crippen molar-refractivity contribution in [2.45, 2.75) is 72.0 Å². The molecule has 0 bridgehead atoms. The van der Waals surface area contributed by atoms with Gasteiger partial charge in [0.15, 0.2) is 8.32 Å². The van der Waals surface area contributed by atoms with Crippen molar-refractivity contribution >= 4 is 23.5 Å². The summed E-state index contributed by atoms with van der Waals surface area (Å²) in [5, 5.41) is 0. The lowest BCUT2D eigenvalue weighted by Crippen LogP contribution is -2.53. The fourth-order valence-corrected chi connectivity index (χ4v) is 12.7. The molecule has 0 atom stereocenters. The molecule has 18 heavy (non-hydrogen) atoms. The van der Waals surface area contributed by atoms with Crippen molar-refractivity contribution in [1.29, 1.82) is 0 Å². The molecule has 0 saturated heterocycles. The topological polar surface area (TPSA) is 27.7 Å². The van der Waals surface area contributed by atoms with E-state index in [4.69, 9.17) is 11.1 Å². The molecule has 108 valence electrons. The van der Waals surface area contributed by atoms with Crippen LogP contribution in [0.25, 0.3) is 0 Å². The maximum absolute atomic E-state index is 6.54. The smallest absolute Gasteiger partial charge is 0.498 e. The van der Waals surface area contributed by atoms with E-state index < -0.39 is 23.5 Å². The summed E-state index contributed by atoms with van der Waals surface area (Å²) in [5.74, 6) is 0. The second-order valence-electron chi connectivity index (χ2n) is 5.63. The zero-order valence-electron chi connectivity index (χ0n) is 13.4. The zero-order valence-corrected chi connectivity index (χ0v) is 15.6. The van der Waals surface area contributed by atoms with E-state index in [1.165, 1.54) is 0 Å². The van der Waals surface area contributed by atoms with Gasteiger partial charge in [0, 0.05) is 13.2 Å². The molecule has 0 rings (SSSR count). The lowest BCUT2D eigenvalue weighted by Gasteiger charge is -2.44. The summed E-state index contributed by atoms with van der Waals surface area (Å²) in [4.78, 5) is 0. The Hall–Kier alpha value is 0.629. The Bertz CT molecular complexity index is 195. The number of rotatable bonds is 9. The van der Waals surface area contributed by atoms with Gasteiger partial charge < -0.3 is 11.1 Å². The third-order valence-electron chi connectivity index (χ3n) is 3.61. The van der Waals surface area contributed by atoms with Gasteiger partial charge in [0.1, 0.15) is 0 Å². The van der Waals surface area contributed by atoms with E-state index >= 15 is 0 Å². The highest BCUT2D eigenvalue weighted by molar-refractivity contribution is 6.81. The largest absolute Gasteiger partial charge is 0.894 e. The lowest BCUT2D eigenvalue weighted by molar-refractivity contribution is 0.146. The minimum Gasteiger partial charge on any atom is -0.498 e. The Morgan fingerprint density at radius 2 is 1.11 bits per heavy atom. The normalized spacial score (nSPS) is 12.8. The number of hydrogen-bond acceptors (Lipinski definition) is 3. The molecule has 0 aromatic heterocycles. The van der Waals surface area contributed by atoms with Crippen LogP contribution in [0.4, 0.5) is 0 Å². The molecule has 3 nitrogen and oxygen atoms in total. The highest BCUT2D eigenvalue weighted by atomic mass is 28.4. The van der Waals surface area contributed by atoms with Gasteiger partial charge in [-0.25, -0.2) is 0 Å². The molecule has 0 N–H and O–H groups in total. The first-order valence-electron chi connectivity index (χ1n) is 7.23. The van der Waals surface area contributed by atoms with Crippen molar-refractivity contribution in [3.05, 3.63) is 0 Å². The van der Waals surface area contributed by atoms with Crippen LogP contribution in [0.1, 0.15) is 55.4 Å². The van der Waals surface area contributed by atoms with Gasteiger partial charge in [-0.2, -0.15) is 0 Å². The molecule has 0 aromatic carbocycles. The van der Waals surface area contributed by atoms with Crippen LogP contribution >= 0.6 is 0 Å². The third kappa shape index (κ3) is 4.63. The first kappa shape index (κ1) is 18.6. The Morgan fingerprint density at radius 3 is 1.33 bits per heavy atom. The second-order valence-corrected chi connectivity index (χ2v) is 13.0. The summed E-state index contributed by atoms with van der Waals surface area (Å²) < 4.78 is 18.0. The van der Waals surface area contributed by atoms with Crippen LogP contribution in [0.2, 0.25) is 16.6 Å². The molecule has 0 aliphatic rings. The minimum absolute atomic E-state index is 0.577. The molecule has 0 unspecified atom stereocenters. The average molecular weight is 290 g/mol. The van der Waals surface area contributed by atoms with Gasteiger partial charge in [-0.05, 0) is 30.5 Å². The van der Waals surface area contributed by atoms with Gasteiger partial charge in [-0.1, -0.05) is 41.5 Å². The predicted molar refractivity (Wildman–Crippen MR) is 81.1 cm³/mol. The van der Waals surface area contributed by atoms with E-state index in [9.17, 15) is 0 Å². The van der Waals surface area contributed by atoms with Crippen molar-refractivity contribution in [1.82, 2.24) is 0 Å². The Kier molecular flexibility index (Phi) is 9.04. The molecule has 0 fully saturated rings. The van der Waals surface area contributed by atoms with Crippen LogP contribution < -0.4 is 0 Å². The third-order valence-corrected chi connectivity index (χ3v) is 12.6. The summed E-state index contributed by atoms with van der Waals surface area (Å²) in [6.45, 7) is 19.1. The summed E-state index contributed by atoms with van der Waals surface area (Å²) in [5.41, 5.74) is 1.73. The molecule has 0 amide bonds. The Morgan fingerprint density at radius 1 is 0.778 bits per heavy atom. The van der Waals surface area contributed by atoms with E-state index in [1.54, 1.807) is 0 Å². The molecule has 0 aliphatic carbocycles. The highest BCUT2D eigenvalue weighted by Gasteiger charge is 2.50. The molecular weight excluding hydrogens is 259 g/mol. The molecule has 0 aromatic rings. The summed E-state index contributed by atoms with van der Waals surface area (Å²) in [7, 11) is -1.85. The van der Waals surface area contributed by atoms with E-state index in [1.807, 2.05) is 13.8 Å². The Labute approximate surface area is 120 Å². The molecule has 0 aliphatic heterocycles.